The number of amides is 1. The number of benzene rings is 1. The van der Waals surface area contributed by atoms with Gasteiger partial charge < -0.3 is 5.32 Å². The van der Waals surface area contributed by atoms with Crippen LogP contribution in [-0.4, -0.2) is 12.5 Å². The molecule has 1 aliphatic rings. The van der Waals surface area contributed by atoms with Gasteiger partial charge >= 0.3 is 0 Å². The second-order valence-corrected chi connectivity index (χ2v) is 8.10. The van der Waals surface area contributed by atoms with Gasteiger partial charge in [0.1, 0.15) is 0 Å². The Balaban J connectivity index is 2.00. The summed E-state index contributed by atoms with van der Waals surface area (Å²) in [5.74, 6) is 0.524. The number of rotatable bonds is 3. The molecule has 2 nitrogen and oxygen atoms in total. The van der Waals surface area contributed by atoms with Crippen LogP contribution in [0.25, 0.3) is 0 Å². The van der Waals surface area contributed by atoms with Crippen molar-refractivity contribution in [2.45, 2.75) is 27.7 Å². The largest absolute Gasteiger partial charge is 0.352 e. The summed E-state index contributed by atoms with van der Waals surface area (Å²) in [7, 11) is 0. The zero-order chi connectivity index (χ0) is 14.4. The molecule has 104 valence electrons. The normalized spacial score (nSPS) is 20.1. The van der Waals surface area contributed by atoms with Crippen molar-refractivity contribution in [3.63, 3.8) is 0 Å². The van der Waals surface area contributed by atoms with Gasteiger partial charge in [-0.1, -0.05) is 43.6 Å². The molecule has 0 atom stereocenters. The molecule has 4 heteroatoms. The van der Waals surface area contributed by atoms with Crippen LogP contribution in [-0.2, 0) is 0 Å². The summed E-state index contributed by atoms with van der Waals surface area (Å²) in [5.41, 5.74) is 1.29. The molecule has 0 spiro atoms. The van der Waals surface area contributed by atoms with Gasteiger partial charge in [0.25, 0.3) is 5.91 Å². The number of nitrogens with one attached hydrogen (secondary N) is 1. The first kappa shape index (κ1) is 15.0. The van der Waals surface area contributed by atoms with E-state index in [1.165, 1.54) is 0 Å². The van der Waals surface area contributed by atoms with Crippen LogP contribution in [0.2, 0.25) is 0 Å². The first-order valence-corrected chi connectivity index (χ1v) is 8.00. The second-order valence-electron chi connectivity index (χ2n) is 6.33. The van der Waals surface area contributed by atoms with Crippen LogP contribution in [0.4, 0.5) is 0 Å². The number of carbonyl (C=O) groups is 1. The number of halogens is 2. The van der Waals surface area contributed by atoms with Crippen molar-refractivity contribution in [3.05, 3.63) is 32.7 Å². The molecule has 0 unspecified atom stereocenters. The smallest absolute Gasteiger partial charge is 0.252 e. The van der Waals surface area contributed by atoms with Crippen molar-refractivity contribution in [1.29, 1.82) is 0 Å². The highest BCUT2D eigenvalue weighted by atomic mass is 79.9. The molecule has 1 aromatic carbocycles. The fourth-order valence-corrected chi connectivity index (χ4v) is 4.03. The molecule has 0 radical (unpaired) electrons. The fourth-order valence-electron chi connectivity index (χ4n) is 2.81. The molecule has 1 saturated carbocycles. The van der Waals surface area contributed by atoms with Gasteiger partial charge in [0, 0.05) is 15.5 Å². The summed E-state index contributed by atoms with van der Waals surface area (Å²) in [6, 6.07) is 5.59. The Bertz CT molecular complexity index is 509. The van der Waals surface area contributed by atoms with Crippen molar-refractivity contribution in [2.75, 3.05) is 6.54 Å². The minimum atomic E-state index is -0.0159. The highest BCUT2D eigenvalue weighted by molar-refractivity contribution is 9.11. The standard InChI is InChI=1S/C15H19Br2NO/c1-14(2)12(15(14,3)4)8-18-13(19)10-6-5-9(16)7-11(10)17/h5-7,12H,8H2,1-4H3,(H,18,19). The van der Waals surface area contributed by atoms with Crippen LogP contribution >= 0.6 is 31.9 Å². The van der Waals surface area contributed by atoms with Crippen LogP contribution in [0.1, 0.15) is 38.1 Å². The minimum absolute atomic E-state index is 0.0159. The molecule has 1 N–H and O–H groups in total. The topological polar surface area (TPSA) is 29.1 Å². The lowest BCUT2D eigenvalue weighted by Gasteiger charge is -2.08. The van der Waals surface area contributed by atoms with Crippen molar-refractivity contribution < 1.29 is 4.79 Å². The van der Waals surface area contributed by atoms with E-state index >= 15 is 0 Å². The Morgan fingerprint density at radius 1 is 1.21 bits per heavy atom. The average Bonchev–Trinajstić information content (AvgIpc) is 2.66. The number of hydrogen-bond donors (Lipinski definition) is 1. The van der Waals surface area contributed by atoms with Gasteiger partial charge in [-0.15, -0.1) is 0 Å². The second kappa shape index (κ2) is 4.88. The van der Waals surface area contributed by atoms with E-state index in [0.717, 1.165) is 15.5 Å². The Morgan fingerprint density at radius 3 is 2.26 bits per heavy atom. The van der Waals surface area contributed by atoms with Crippen LogP contribution in [0.15, 0.2) is 27.1 Å². The quantitative estimate of drug-likeness (QED) is 0.803. The highest BCUT2D eigenvalue weighted by Crippen LogP contribution is 2.67. The van der Waals surface area contributed by atoms with Crippen molar-refractivity contribution >= 4 is 37.8 Å². The predicted octanol–water partition coefficient (Wildman–Crippen LogP) is 4.62. The lowest BCUT2D eigenvalue weighted by Crippen LogP contribution is -2.27. The third-order valence-electron chi connectivity index (χ3n) is 4.96. The average molecular weight is 389 g/mol. The van der Waals surface area contributed by atoms with E-state index in [4.69, 9.17) is 0 Å². The van der Waals surface area contributed by atoms with E-state index in [1.807, 2.05) is 18.2 Å². The molecule has 1 aliphatic carbocycles. The molecular formula is C15H19Br2NO. The maximum absolute atomic E-state index is 12.2. The molecule has 0 heterocycles. The van der Waals surface area contributed by atoms with E-state index in [1.54, 1.807) is 0 Å². The SMILES string of the molecule is CC1(C)C(CNC(=O)c2ccc(Br)cc2Br)C1(C)C. The molecule has 19 heavy (non-hydrogen) atoms. The summed E-state index contributed by atoms with van der Waals surface area (Å²) in [6.45, 7) is 9.79. The van der Waals surface area contributed by atoms with Crippen molar-refractivity contribution in [1.82, 2.24) is 5.32 Å². The van der Waals surface area contributed by atoms with E-state index in [-0.39, 0.29) is 5.91 Å². The third kappa shape index (κ3) is 2.62. The Morgan fingerprint density at radius 2 is 1.79 bits per heavy atom. The first-order chi connectivity index (χ1) is 8.68. The van der Waals surface area contributed by atoms with E-state index in [0.29, 0.717) is 22.3 Å². The van der Waals surface area contributed by atoms with Crippen molar-refractivity contribution in [2.24, 2.45) is 16.7 Å². The molecular weight excluding hydrogens is 370 g/mol. The molecule has 2 rings (SSSR count). The van der Waals surface area contributed by atoms with Gasteiger partial charge in [-0.3, -0.25) is 4.79 Å². The Hall–Kier alpha value is -0.350. The van der Waals surface area contributed by atoms with Gasteiger partial charge in [-0.2, -0.15) is 0 Å². The van der Waals surface area contributed by atoms with Crippen LogP contribution in [0, 0.1) is 16.7 Å². The fraction of sp³-hybridized carbons (Fsp3) is 0.533. The summed E-state index contributed by atoms with van der Waals surface area (Å²) in [4.78, 5) is 12.2. The zero-order valence-electron chi connectivity index (χ0n) is 11.7. The summed E-state index contributed by atoms with van der Waals surface area (Å²) < 4.78 is 1.77. The van der Waals surface area contributed by atoms with E-state index in [2.05, 4.69) is 64.9 Å². The Labute approximate surface area is 131 Å². The van der Waals surface area contributed by atoms with Crippen molar-refractivity contribution in [3.8, 4) is 0 Å². The Kier molecular flexibility index (Phi) is 3.87. The molecule has 1 aromatic rings. The summed E-state index contributed by atoms with van der Waals surface area (Å²) in [6.07, 6.45) is 0. The maximum Gasteiger partial charge on any atom is 0.252 e. The van der Waals surface area contributed by atoms with Gasteiger partial charge in [-0.25, -0.2) is 0 Å². The van der Waals surface area contributed by atoms with Crippen LogP contribution in [0.3, 0.4) is 0 Å². The van der Waals surface area contributed by atoms with Gasteiger partial charge in [-0.05, 0) is 50.9 Å². The number of hydrogen-bond acceptors (Lipinski definition) is 1. The number of carbonyl (C=O) groups excluding carboxylic acids is 1. The lowest BCUT2D eigenvalue weighted by atomic mass is 10.0. The van der Waals surface area contributed by atoms with Gasteiger partial charge in [0.05, 0.1) is 5.56 Å². The predicted molar refractivity (Wildman–Crippen MR) is 85.2 cm³/mol. The summed E-state index contributed by atoms with van der Waals surface area (Å²) in [5, 5.41) is 3.05. The first-order valence-electron chi connectivity index (χ1n) is 6.41. The molecule has 1 amide bonds. The zero-order valence-corrected chi connectivity index (χ0v) is 14.9. The maximum atomic E-state index is 12.2. The van der Waals surface area contributed by atoms with Gasteiger partial charge in [0.2, 0.25) is 0 Å². The summed E-state index contributed by atoms with van der Waals surface area (Å²) >= 11 is 6.81. The van der Waals surface area contributed by atoms with Crippen LogP contribution < -0.4 is 5.32 Å². The van der Waals surface area contributed by atoms with Crippen LogP contribution in [0.5, 0.6) is 0 Å². The third-order valence-corrected chi connectivity index (χ3v) is 6.11. The van der Waals surface area contributed by atoms with Gasteiger partial charge in [0.15, 0.2) is 0 Å². The lowest BCUT2D eigenvalue weighted by molar-refractivity contribution is 0.0949. The molecule has 0 bridgehead atoms. The highest BCUT2D eigenvalue weighted by Gasteiger charge is 2.64. The molecule has 1 fully saturated rings. The van der Waals surface area contributed by atoms with E-state index < -0.39 is 0 Å². The molecule has 0 aromatic heterocycles. The molecule has 0 saturated heterocycles. The minimum Gasteiger partial charge on any atom is -0.352 e. The monoisotopic (exact) mass is 387 g/mol. The molecule has 0 aliphatic heterocycles. The van der Waals surface area contributed by atoms with E-state index in [9.17, 15) is 4.79 Å².